The normalized spacial score (nSPS) is 18.0. The zero-order valence-electron chi connectivity index (χ0n) is 13.0. The lowest BCUT2D eigenvalue weighted by Crippen LogP contribution is -2.42. The second-order valence-corrected chi connectivity index (χ2v) is 5.74. The van der Waals surface area contributed by atoms with Gasteiger partial charge in [0.05, 0.1) is 13.2 Å². The van der Waals surface area contributed by atoms with Crippen molar-refractivity contribution in [2.75, 3.05) is 19.7 Å². The van der Waals surface area contributed by atoms with Crippen molar-refractivity contribution in [3.05, 3.63) is 71.5 Å². The average molecular weight is 313 g/mol. The first-order valence-corrected chi connectivity index (χ1v) is 7.91. The van der Waals surface area contributed by atoms with Gasteiger partial charge in [0.15, 0.2) is 0 Å². The van der Waals surface area contributed by atoms with Gasteiger partial charge in [-0.3, -0.25) is 4.79 Å². The number of carbonyl (C=O) groups is 1. The third kappa shape index (κ3) is 4.17. The topological polar surface area (TPSA) is 29.5 Å². The van der Waals surface area contributed by atoms with Gasteiger partial charge in [-0.1, -0.05) is 42.5 Å². The fourth-order valence-electron chi connectivity index (χ4n) is 2.81. The standard InChI is InChI=1S/C19H20FNO2/c20-17-9-7-16(8-10-17)18-14-21(12-13-23-18)19(22)11-6-15-4-2-1-3-5-15/h1-5,7-10,18H,6,11-14H2. The van der Waals surface area contributed by atoms with Crippen LogP contribution >= 0.6 is 0 Å². The van der Waals surface area contributed by atoms with Crippen LogP contribution in [0.25, 0.3) is 0 Å². The van der Waals surface area contributed by atoms with Crippen molar-refractivity contribution in [2.45, 2.75) is 18.9 Å². The van der Waals surface area contributed by atoms with Crippen LogP contribution < -0.4 is 0 Å². The van der Waals surface area contributed by atoms with E-state index in [0.29, 0.717) is 26.1 Å². The molecular formula is C19H20FNO2. The predicted octanol–water partition coefficient (Wildman–Crippen LogP) is 3.36. The average Bonchev–Trinajstić information content (AvgIpc) is 2.61. The minimum atomic E-state index is -0.264. The first-order valence-electron chi connectivity index (χ1n) is 7.91. The van der Waals surface area contributed by atoms with Crippen LogP contribution in [-0.4, -0.2) is 30.5 Å². The molecule has 0 spiro atoms. The monoisotopic (exact) mass is 313 g/mol. The van der Waals surface area contributed by atoms with Crippen LogP contribution in [0.5, 0.6) is 0 Å². The van der Waals surface area contributed by atoms with Gasteiger partial charge in [-0.15, -0.1) is 0 Å². The molecule has 1 aliphatic heterocycles. The van der Waals surface area contributed by atoms with Crippen LogP contribution in [0.3, 0.4) is 0 Å². The van der Waals surface area contributed by atoms with Crippen molar-refractivity contribution in [3.63, 3.8) is 0 Å². The van der Waals surface area contributed by atoms with Gasteiger partial charge in [-0.2, -0.15) is 0 Å². The van der Waals surface area contributed by atoms with Crippen molar-refractivity contribution in [3.8, 4) is 0 Å². The number of nitrogens with zero attached hydrogens (tertiary/aromatic N) is 1. The Bertz CT molecular complexity index is 642. The Balaban J connectivity index is 1.57. The summed E-state index contributed by atoms with van der Waals surface area (Å²) in [7, 11) is 0. The van der Waals surface area contributed by atoms with Crippen molar-refractivity contribution in [1.82, 2.24) is 4.90 Å². The second-order valence-electron chi connectivity index (χ2n) is 5.74. The molecule has 2 aromatic carbocycles. The smallest absolute Gasteiger partial charge is 0.223 e. The minimum absolute atomic E-state index is 0.143. The third-order valence-electron chi connectivity index (χ3n) is 4.13. The molecule has 0 aliphatic carbocycles. The van der Waals surface area contributed by atoms with Crippen molar-refractivity contribution in [1.29, 1.82) is 0 Å². The van der Waals surface area contributed by atoms with E-state index >= 15 is 0 Å². The Morgan fingerprint density at radius 2 is 1.87 bits per heavy atom. The van der Waals surface area contributed by atoms with E-state index in [1.165, 1.54) is 17.7 Å². The summed E-state index contributed by atoms with van der Waals surface area (Å²) in [5.41, 5.74) is 2.08. The largest absolute Gasteiger partial charge is 0.370 e. The highest BCUT2D eigenvalue weighted by Gasteiger charge is 2.25. The third-order valence-corrected chi connectivity index (χ3v) is 4.13. The van der Waals surface area contributed by atoms with Gasteiger partial charge in [0.2, 0.25) is 5.91 Å². The number of ether oxygens (including phenoxy) is 1. The zero-order chi connectivity index (χ0) is 16.1. The van der Waals surface area contributed by atoms with Gasteiger partial charge in [0.1, 0.15) is 11.9 Å². The van der Waals surface area contributed by atoms with Crippen molar-refractivity contribution in [2.24, 2.45) is 0 Å². The number of hydrogen-bond acceptors (Lipinski definition) is 2. The number of aryl methyl sites for hydroxylation is 1. The lowest BCUT2D eigenvalue weighted by molar-refractivity contribution is -0.139. The van der Waals surface area contributed by atoms with E-state index in [2.05, 4.69) is 0 Å². The number of benzene rings is 2. The molecule has 1 saturated heterocycles. The maximum atomic E-state index is 13.0. The molecule has 0 bridgehead atoms. The zero-order valence-corrected chi connectivity index (χ0v) is 13.0. The highest BCUT2D eigenvalue weighted by atomic mass is 19.1. The first-order chi connectivity index (χ1) is 11.2. The van der Waals surface area contributed by atoms with Crippen molar-refractivity contribution >= 4 is 5.91 Å². The van der Waals surface area contributed by atoms with Gasteiger partial charge in [-0.05, 0) is 29.7 Å². The lowest BCUT2D eigenvalue weighted by atomic mass is 10.1. The van der Waals surface area contributed by atoms with Crippen LogP contribution in [0, 0.1) is 5.82 Å². The Labute approximate surface area is 135 Å². The Hall–Kier alpha value is -2.20. The maximum Gasteiger partial charge on any atom is 0.223 e. The quantitative estimate of drug-likeness (QED) is 0.866. The number of rotatable bonds is 4. The van der Waals surface area contributed by atoms with E-state index in [4.69, 9.17) is 4.74 Å². The minimum Gasteiger partial charge on any atom is -0.370 e. The summed E-state index contributed by atoms with van der Waals surface area (Å²) in [5, 5.41) is 0. The van der Waals surface area contributed by atoms with E-state index < -0.39 is 0 Å². The van der Waals surface area contributed by atoms with Gasteiger partial charge in [0.25, 0.3) is 0 Å². The van der Waals surface area contributed by atoms with E-state index in [1.807, 2.05) is 35.2 Å². The first kappa shape index (κ1) is 15.7. The molecule has 23 heavy (non-hydrogen) atoms. The summed E-state index contributed by atoms with van der Waals surface area (Å²) in [5.74, 6) is -0.121. The summed E-state index contributed by atoms with van der Waals surface area (Å²) in [4.78, 5) is 14.3. The molecule has 1 aliphatic rings. The summed E-state index contributed by atoms with van der Waals surface area (Å²) in [6.07, 6.45) is 1.07. The summed E-state index contributed by atoms with van der Waals surface area (Å²) < 4.78 is 18.7. The van der Waals surface area contributed by atoms with Crippen LogP contribution in [-0.2, 0) is 16.0 Å². The molecule has 0 N–H and O–H groups in total. The SMILES string of the molecule is O=C(CCc1ccccc1)N1CCOC(c2ccc(F)cc2)C1. The molecule has 1 fully saturated rings. The van der Waals surface area contributed by atoms with Gasteiger partial charge in [-0.25, -0.2) is 4.39 Å². The Morgan fingerprint density at radius 1 is 1.13 bits per heavy atom. The lowest BCUT2D eigenvalue weighted by Gasteiger charge is -2.33. The van der Waals surface area contributed by atoms with Crippen LogP contribution in [0.15, 0.2) is 54.6 Å². The number of amides is 1. The molecular weight excluding hydrogens is 293 g/mol. The number of halogens is 1. The fraction of sp³-hybridized carbons (Fsp3) is 0.316. The Kier molecular flexibility index (Phi) is 5.03. The van der Waals surface area contributed by atoms with Crippen molar-refractivity contribution < 1.29 is 13.9 Å². The molecule has 0 radical (unpaired) electrons. The van der Waals surface area contributed by atoms with Gasteiger partial charge in [0, 0.05) is 13.0 Å². The van der Waals surface area contributed by atoms with Crippen LogP contribution in [0.2, 0.25) is 0 Å². The molecule has 2 aromatic rings. The molecule has 3 rings (SSSR count). The number of morpholine rings is 1. The molecule has 4 heteroatoms. The molecule has 0 saturated carbocycles. The maximum absolute atomic E-state index is 13.0. The Morgan fingerprint density at radius 3 is 2.61 bits per heavy atom. The number of carbonyl (C=O) groups excluding carboxylic acids is 1. The molecule has 1 heterocycles. The van der Waals surface area contributed by atoms with Gasteiger partial charge >= 0.3 is 0 Å². The predicted molar refractivity (Wildman–Crippen MR) is 86.4 cm³/mol. The van der Waals surface area contributed by atoms with E-state index in [9.17, 15) is 9.18 Å². The highest BCUT2D eigenvalue weighted by molar-refractivity contribution is 5.76. The van der Waals surface area contributed by atoms with E-state index in [0.717, 1.165) is 12.0 Å². The fourth-order valence-corrected chi connectivity index (χ4v) is 2.81. The van der Waals surface area contributed by atoms with Crippen LogP contribution in [0.4, 0.5) is 4.39 Å². The van der Waals surface area contributed by atoms with E-state index in [1.54, 1.807) is 12.1 Å². The summed E-state index contributed by atoms with van der Waals surface area (Å²) >= 11 is 0. The highest BCUT2D eigenvalue weighted by Crippen LogP contribution is 2.23. The van der Waals surface area contributed by atoms with E-state index in [-0.39, 0.29) is 17.8 Å². The number of hydrogen-bond donors (Lipinski definition) is 0. The molecule has 1 atom stereocenters. The molecule has 0 aromatic heterocycles. The second kappa shape index (κ2) is 7.38. The summed E-state index contributed by atoms with van der Waals surface area (Å²) in [6, 6.07) is 16.3. The van der Waals surface area contributed by atoms with Crippen LogP contribution in [0.1, 0.15) is 23.7 Å². The molecule has 3 nitrogen and oxygen atoms in total. The molecule has 120 valence electrons. The summed E-state index contributed by atoms with van der Waals surface area (Å²) in [6.45, 7) is 1.66. The van der Waals surface area contributed by atoms with Gasteiger partial charge < -0.3 is 9.64 Å². The molecule has 1 unspecified atom stereocenters. The molecule has 1 amide bonds.